The van der Waals surface area contributed by atoms with E-state index in [2.05, 4.69) is 26.6 Å². The van der Waals surface area contributed by atoms with Crippen LogP contribution in [0.3, 0.4) is 0 Å². The van der Waals surface area contributed by atoms with Gasteiger partial charge in [-0.1, -0.05) is 39.7 Å². The lowest BCUT2D eigenvalue weighted by molar-refractivity contribution is -0.142. The van der Waals surface area contributed by atoms with E-state index < -0.39 is 41.5 Å². The normalized spacial score (nSPS) is 29.7. The minimum absolute atomic E-state index is 0.251. The molecule has 0 aliphatic carbocycles. The van der Waals surface area contributed by atoms with Crippen LogP contribution in [0.1, 0.15) is 25.8 Å². The molecule has 0 aromatic heterocycles. The zero-order chi connectivity index (χ0) is 28.1. The van der Waals surface area contributed by atoms with Gasteiger partial charge >= 0.3 is 0 Å². The van der Waals surface area contributed by atoms with Gasteiger partial charge in [-0.05, 0) is 63.1 Å². The molecule has 3 amide bonds. The number of carbonyl (C=O) groups is 3. The Morgan fingerprint density at radius 1 is 1.23 bits per heavy atom. The highest BCUT2D eigenvalue weighted by Crippen LogP contribution is 2.60. The highest BCUT2D eigenvalue weighted by atomic mass is 79.9. The van der Waals surface area contributed by atoms with Crippen molar-refractivity contribution < 1.29 is 29.0 Å². The van der Waals surface area contributed by atoms with Crippen LogP contribution >= 0.6 is 27.5 Å². The summed E-state index contributed by atoms with van der Waals surface area (Å²) < 4.78 is 12.0. The van der Waals surface area contributed by atoms with Crippen LogP contribution in [-0.2, 0) is 19.1 Å². The molecule has 0 radical (unpaired) electrons. The number of carbonyl (C=O) groups excluding carboxylic acids is 3. The van der Waals surface area contributed by atoms with Gasteiger partial charge in [-0.25, -0.2) is 0 Å². The molecule has 3 fully saturated rings. The zero-order valence-corrected chi connectivity index (χ0v) is 24.2. The highest BCUT2D eigenvalue weighted by Gasteiger charge is 2.76. The van der Waals surface area contributed by atoms with Crippen molar-refractivity contribution in [3.8, 4) is 5.75 Å². The minimum Gasteiger partial charge on any atom is -0.494 e. The Morgan fingerprint density at radius 2 is 1.95 bits per heavy atom. The molecule has 39 heavy (non-hydrogen) atoms. The maximum Gasteiger partial charge on any atom is 0.250 e. The number of amides is 3. The van der Waals surface area contributed by atoms with Crippen molar-refractivity contribution in [2.24, 2.45) is 11.8 Å². The molecule has 3 aliphatic heterocycles. The first kappa shape index (κ1) is 27.9. The maximum absolute atomic E-state index is 14.0. The van der Waals surface area contributed by atoms with Crippen LogP contribution in [0.2, 0.25) is 5.02 Å². The van der Waals surface area contributed by atoms with Crippen LogP contribution in [0.5, 0.6) is 5.75 Å². The average molecular weight is 621 g/mol. The molecule has 208 valence electrons. The molecule has 1 spiro atoms. The fraction of sp³-hybridized carbons (Fsp3) is 0.464. The van der Waals surface area contributed by atoms with Crippen molar-refractivity contribution in [2.45, 2.75) is 55.8 Å². The molecule has 3 aliphatic rings. The molecule has 9 nitrogen and oxygen atoms in total. The predicted octanol–water partition coefficient (Wildman–Crippen LogP) is 3.75. The number of hydrogen-bond acceptors (Lipinski definition) is 6. The van der Waals surface area contributed by atoms with Gasteiger partial charge in [0.25, 0.3) is 0 Å². The van der Waals surface area contributed by atoms with E-state index in [1.807, 2.05) is 19.9 Å². The molecular formula is C28H31BrClN3O6. The van der Waals surface area contributed by atoms with E-state index in [9.17, 15) is 19.5 Å². The Hall–Kier alpha value is -2.66. The molecule has 2 aromatic carbocycles. The topological polar surface area (TPSA) is 117 Å². The van der Waals surface area contributed by atoms with Crippen molar-refractivity contribution in [3.63, 3.8) is 0 Å². The molecule has 3 saturated heterocycles. The van der Waals surface area contributed by atoms with E-state index in [1.54, 1.807) is 43.3 Å². The summed E-state index contributed by atoms with van der Waals surface area (Å²) in [5.74, 6) is -2.28. The number of hydrogen-bond donors (Lipinski definition) is 3. The van der Waals surface area contributed by atoms with Crippen LogP contribution in [0.25, 0.3) is 0 Å². The lowest BCUT2D eigenvalue weighted by Crippen LogP contribution is -2.56. The first-order valence-corrected chi connectivity index (χ1v) is 14.3. The summed E-state index contributed by atoms with van der Waals surface area (Å²) in [4.78, 5) is 42.7. The van der Waals surface area contributed by atoms with Gasteiger partial charge in [0.05, 0.1) is 47.9 Å². The van der Waals surface area contributed by atoms with E-state index in [0.717, 1.165) is 5.56 Å². The monoisotopic (exact) mass is 619 g/mol. The van der Waals surface area contributed by atoms with Gasteiger partial charge < -0.3 is 30.1 Å². The Bertz CT molecular complexity index is 1270. The Balaban J connectivity index is 1.48. The summed E-state index contributed by atoms with van der Waals surface area (Å²) >= 11 is 10.0. The number of aliphatic hydroxyl groups is 1. The number of aryl methyl sites for hydroxylation is 1. The summed E-state index contributed by atoms with van der Waals surface area (Å²) in [6.07, 6.45) is -0.250. The second kappa shape index (κ2) is 10.7. The van der Waals surface area contributed by atoms with Crippen molar-refractivity contribution >= 4 is 56.6 Å². The second-order valence-corrected chi connectivity index (χ2v) is 11.9. The number of fused-ring (bicyclic) bond motifs is 1. The molecule has 2 aromatic rings. The molecule has 3 heterocycles. The second-order valence-electron chi connectivity index (χ2n) is 10.3. The SMILES string of the molecule is CCOc1ccc(NC(=O)[C@H]2[C@@H]3OC4(CC3Br)C(C(=O)Nc3c(C)cccc3Cl)N([C@H](C)CO)C(=O)[C@H]24)cc1. The van der Waals surface area contributed by atoms with Crippen LogP contribution in [-0.4, -0.2) is 69.6 Å². The highest BCUT2D eigenvalue weighted by molar-refractivity contribution is 9.09. The minimum atomic E-state index is -1.25. The molecule has 3 N–H and O–H groups in total. The number of nitrogens with zero attached hydrogens (tertiary/aromatic N) is 1. The van der Waals surface area contributed by atoms with Gasteiger partial charge in [0.15, 0.2) is 0 Å². The van der Waals surface area contributed by atoms with Gasteiger partial charge in [-0.2, -0.15) is 0 Å². The molecule has 11 heteroatoms. The van der Waals surface area contributed by atoms with E-state index in [1.165, 1.54) is 4.90 Å². The third kappa shape index (κ3) is 4.61. The molecule has 5 rings (SSSR count). The Kier molecular flexibility index (Phi) is 7.67. The van der Waals surface area contributed by atoms with Crippen LogP contribution in [0.4, 0.5) is 11.4 Å². The Morgan fingerprint density at radius 3 is 2.59 bits per heavy atom. The first-order chi connectivity index (χ1) is 18.6. The zero-order valence-electron chi connectivity index (χ0n) is 21.8. The van der Waals surface area contributed by atoms with Gasteiger partial charge in [0.1, 0.15) is 17.4 Å². The van der Waals surface area contributed by atoms with Gasteiger partial charge in [-0.15, -0.1) is 0 Å². The van der Waals surface area contributed by atoms with Gasteiger partial charge in [-0.3, -0.25) is 14.4 Å². The fourth-order valence-corrected chi connectivity index (χ4v) is 7.45. The fourth-order valence-electron chi connectivity index (χ4n) is 6.24. The summed E-state index contributed by atoms with van der Waals surface area (Å²) in [5.41, 5.74) is 0.514. The smallest absolute Gasteiger partial charge is 0.250 e. The molecule has 0 saturated carbocycles. The van der Waals surface area contributed by atoms with E-state index in [4.69, 9.17) is 21.1 Å². The number of rotatable bonds is 8. The predicted molar refractivity (Wildman–Crippen MR) is 150 cm³/mol. The largest absolute Gasteiger partial charge is 0.494 e. The van der Waals surface area contributed by atoms with Crippen LogP contribution in [0.15, 0.2) is 42.5 Å². The van der Waals surface area contributed by atoms with Crippen molar-refractivity contribution in [2.75, 3.05) is 23.8 Å². The van der Waals surface area contributed by atoms with Crippen molar-refractivity contribution in [3.05, 3.63) is 53.1 Å². The summed E-state index contributed by atoms with van der Waals surface area (Å²) in [5, 5.41) is 16.2. The van der Waals surface area contributed by atoms with E-state index in [0.29, 0.717) is 35.2 Å². The van der Waals surface area contributed by atoms with Crippen LogP contribution < -0.4 is 15.4 Å². The third-order valence-corrected chi connectivity index (χ3v) is 9.08. The van der Waals surface area contributed by atoms with Crippen molar-refractivity contribution in [1.82, 2.24) is 4.90 Å². The van der Waals surface area contributed by atoms with Gasteiger partial charge in [0.2, 0.25) is 17.7 Å². The quantitative estimate of drug-likeness (QED) is 0.387. The van der Waals surface area contributed by atoms with Crippen molar-refractivity contribution in [1.29, 1.82) is 0 Å². The summed E-state index contributed by atoms with van der Waals surface area (Å²) in [6, 6.07) is 10.5. The van der Waals surface area contributed by atoms with E-state index in [-0.39, 0.29) is 23.2 Å². The molecule has 2 bridgehead atoms. The molecular weight excluding hydrogens is 590 g/mol. The third-order valence-electron chi connectivity index (χ3n) is 7.92. The molecule has 7 atom stereocenters. The number of halogens is 2. The Labute approximate surface area is 240 Å². The average Bonchev–Trinajstić information content (AvgIpc) is 3.50. The number of ether oxygens (including phenoxy) is 2. The lowest BCUT2D eigenvalue weighted by Gasteiger charge is -2.36. The van der Waals surface area contributed by atoms with E-state index >= 15 is 0 Å². The molecule has 3 unspecified atom stereocenters. The number of nitrogens with one attached hydrogen (secondary N) is 2. The van der Waals surface area contributed by atoms with Crippen LogP contribution in [0, 0.1) is 18.8 Å². The number of likely N-dealkylation sites (tertiary alicyclic amines) is 1. The first-order valence-electron chi connectivity index (χ1n) is 13.0. The number of anilines is 2. The summed E-state index contributed by atoms with van der Waals surface area (Å²) in [7, 11) is 0. The maximum atomic E-state index is 14.0. The number of benzene rings is 2. The number of alkyl halides is 1. The summed E-state index contributed by atoms with van der Waals surface area (Å²) in [6.45, 7) is 5.56. The van der Waals surface area contributed by atoms with Gasteiger partial charge in [0, 0.05) is 10.5 Å². The number of para-hydroxylation sites is 1. The number of aliphatic hydroxyl groups excluding tert-OH is 1. The standard InChI is InChI=1S/C28H31BrClN3O6/c1-4-38-17-10-8-16(9-11-17)31-25(35)20-21-27(37)33(15(3)13-34)24(28(21)12-18(29)23(20)39-28)26(36)32-22-14(2)6-5-7-19(22)30/h5-11,15,18,20-21,23-24,34H,4,12-13H2,1-3H3,(H,31,35)(H,32,36)/t15-,18?,20-,21+,23-,24?,28?/m1/s1. The lowest BCUT2D eigenvalue weighted by atomic mass is 9.70.